The summed E-state index contributed by atoms with van der Waals surface area (Å²) in [6.45, 7) is 6.69. The number of hydrogen-bond donors (Lipinski definition) is 0. The first-order chi connectivity index (χ1) is 14.4. The van der Waals surface area contributed by atoms with Crippen LogP contribution < -0.4 is 4.74 Å². The Hall–Kier alpha value is -2.58. The number of aromatic nitrogens is 4. The van der Waals surface area contributed by atoms with Crippen molar-refractivity contribution < 1.29 is 14.3 Å². The predicted octanol–water partition coefficient (Wildman–Crippen LogP) is 4.09. The molecule has 0 aliphatic rings. The van der Waals surface area contributed by atoms with Gasteiger partial charge in [-0.15, -0.1) is 10.2 Å². The Morgan fingerprint density at radius 3 is 2.63 bits per heavy atom. The molecule has 1 aromatic carbocycles. The summed E-state index contributed by atoms with van der Waals surface area (Å²) < 4.78 is 14.7. The zero-order valence-corrected chi connectivity index (χ0v) is 19.1. The summed E-state index contributed by atoms with van der Waals surface area (Å²) in [5.41, 5.74) is 3.64. The van der Waals surface area contributed by atoms with E-state index in [1.807, 2.05) is 55.8 Å². The Morgan fingerprint density at radius 1 is 1.20 bits per heavy atom. The van der Waals surface area contributed by atoms with Gasteiger partial charge >= 0.3 is 0 Å². The molecule has 0 spiro atoms. The molecule has 0 bridgehead atoms. The molecule has 1 unspecified atom stereocenters. The van der Waals surface area contributed by atoms with Crippen LogP contribution in [0.15, 0.2) is 35.5 Å². The number of benzene rings is 1. The summed E-state index contributed by atoms with van der Waals surface area (Å²) >= 11 is 1.39. The number of para-hydroxylation sites is 1. The van der Waals surface area contributed by atoms with Crippen LogP contribution in [0.25, 0.3) is 11.4 Å². The summed E-state index contributed by atoms with van der Waals surface area (Å²) in [5.74, 6) is 1.80. The SMILES string of the molecule is COCC(C)n1c(C)cc(C(=O)CSc2nnc(-c3ccccc3OC)n2C)c1C. The van der Waals surface area contributed by atoms with Crippen LogP contribution in [0.5, 0.6) is 5.75 Å². The van der Waals surface area contributed by atoms with E-state index in [4.69, 9.17) is 9.47 Å². The van der Waals surface area contributed by atoms with E-state index in [1.165, 1.54) is 11.8 Å². The highest BCUT2D eigenvalue weighted by atomic mass is 32.2. The Kier molecular flexibility index (Phi) is 6.99. The van der Waals surface area contributed by atoms with Crippen molar-refractivity contribution in [2.45, 2.75) is 32.0 Å². The number of Topliss-reactive ketones (excluding diaryl/α,β-unsaturated/α-hetero) is 1. The Balaban J connectivity index is 1.76. The first kappa shape index (κ1) is 22.1. The summed E-state index contributed by atoms with van der Waals surface area (Å²) in [5, 5.41) is 9.27. The molecule has 0 saturated carbocycles. The van der Waals surface area contributed by atoms with Gasteiger partial charge in [-0.1, -0.05) is 23.9 Å². The molecule has 3 aromatic rings. The van der Waals surface area contributed by atoms with Gasteiger partial charge in [0.25, 0.3) is 0 Å². The Labute approximate surface area is 181 Å². The summed E-state index contributed by atoms with van der Waals surface area (Å²) in [6, 6.07) is 9.81. The molecule has 1 atom stereocenters. The van der Waals surface area contributed by atoms with Crippen molar-refractivity contribution in [3.8, 4) is 17.1 Å². The average Bonchev–Trinajstić information content (AvgIpc) is 3.25. The van der Waals surface area contributed by atoms with Crippen LogP contribution in [-0.4, -0.2) is 51.7 Å². The molecule has 0 saturated heterocycles. The molecular formula is C22H28N4O3S. The zero-order chi connectivity index (χ0) is 21.8. The number of nitrogens with zero attached hydrogens (tertiary/aromatic N) is 4. The van der Waals surface area contributed by atoms with Crippen molar-refractivity contribution in [1.29, 1.82) is 0 Å². The minimum atomic E-state index is 0.0748. The molecule has 0 radical (unpaired) electrons. The number of thioether (sulfide) groups is 1. The Morgan fingerprint density at radius 2 is 1.93 bits per heavy atom. The summed E-state index contributed by atoms with van der Waals surface area (Å²) in [6.07, 6.45) is 0. The van der Waals surface area contributed by atoms with Gasteiger partial charge in [0.15, 0.2) is 16.8 Å². The molecule has 30 heavy (non-hydrogen) atoms. The van der Waals surface area contributed by atoms with E-state index in [1.54, 1.807) is 14.2 Å². The lowest BCUT2D eigenvalue weighted by Gasteiger charge is -2.17. The number of aryl methyl sites for hydroxylation is 1. The van der Waals surface area contributed by atoms with Crippen molar-refractivity contribution in [3.05, 3.63) is 47.3 Å². The number of carbonyl (C=O) groups excluding carboxylic acids is 1. The van der Waals surface area contributed by atoms with E-state index in [0.29, 0.717) is 23.3 Å². The van der Waals surface area contributed by atoms with Crippen LogP contribution in [0.3, 0.4) is 0 Å². The van der Waals surface area contributed by atoms with Gasteiger partial charge in [-0.2, -0.15) is 0 Å². The van der Waals surface area contributed by atoms with Gasteiger partial charge in [0.1, 0.15) is 5.75 Å². The normalized spacial score (nSPS) is 12.2. The molecule has 0 fully saturated rings. The van der Waals surface area contributed by atoms with E-state index >= 15 is 0 Å². The van der Waals surface area contributed by atoms with Crippen LogP contribution in [0.2, 0.25) is 0 Å². The molecule has 0 aliphatic heterocycles. The largest absolute Gasteiger partial charge is 0.496 e. The highest BCUT2D eigenvalue weighted by molar-refractivity contribution is 7.99. The van der Waals surface area contributed by atoms with Gasteiger partial charge in [0, 0.05) is 31.1 Å². The van der Waals surface area contributed by atoms with Crippen LogP contribution in [0.1, 0.15) is 34.7 Å². The second-order valence-electron chi connectivity index (χ2n) is 7.24. The molecule has 3 rings (SSSR count). The molecule has 0 N–H and O–H groups in total. The van der Waals surface area contributed by atoms with Crippen LogP contribution in [0.4, 0.5) is 0 Å². The standard InChI is InChI=1S/C22H28N4O3S/c1-14-11-18(16(3)26(14)15(2)12-28-5)19(27)13-30-22-24-23-21(25(22)4)17-9-7-8-10-20(17)29-6/h7-11,15H,12-13H2,1-6H3. The fourth-order valence-electron chi connectivity index (χ4n) is 3.77. The van der Waals surface area contributed by atoms with Gasteiger partial charge in [-0.05, 0) is 39.0 Å². The minimum absolute atomic E-state index is 0.0748. The lowest BCUT2D eigenvalue weighted by Crippen LogP contribution is -2.14. The third-order valence-corrected chi connectivity index (χ3v) is 6.17. The molecule has 2 aromatic heterocycles. The minimum Gasteiger partial charge on any atom is -0.496 e. The van der Waals surface area contributed by atoms with Crippen LogP contribution >= 0.6 is 11.8 Å². The number of carbonyl (C=O) groups is 1. The zero-order valence-electron chi connectivity index (χ0n) is 18.3. The lowest BCUT2D eigenvalue weighted by molar-refractivity contribution is 0.102. The average molecular weight is 429 g/mol. The Bertz CT molecular complexity index is 1040. The number of rotatable bonds is 9. The molecule has 7 nitrogen and oxygen atoms in total. The highest BCUT2D eigenvalue weighted by Gasteiger charge is 2.20. The molecule has 0 aliphatic carbocycles. The molecular weight excluding hydrogens is 400 g/mol. The maximum absolute atomic E-state index is 12.9. The molecule has 8 heteroatoms. The maximum Gasteiger partial charge on any atom is 0.191 e. The van der Waals surface area contributed by atoms with Crippen molar-refractivity contribution in [1.82, 2.24) is 19.3 Å². The van der Waals surface area contributed by atoms with Gasteiger partial charge in [0.05, 0.1) is 31.1 Å². The quantitative estimate of drug-likeness (QED) is 0.378. The topological polar surface area (TPSA) is 71.2 Å². The monoisotopic (exact) mass is 428 g/mol. The van der Waals surface area contributed by atoms with E-state index in [9.17, 15) is 4.79 Å². The fourth-order valence-corrected chi connectivity index (χ4v) is 4.56. The maximum atomic E-state index is 12.9. The number of hydrogen-bond acceptors (Lipinski definition) is 6. The third kappa shape index (κ3) is 4.29. The second-order valence-corrected chi connectivity index (χ2v) is 8.18. The lowest BCUT2D eigenvalue weighted by atomic mass is 10.2. The van der Waals surface area contributed by atoms with E-state index in [0.717, 1.165) is 28.3 Å². The van der Waals surface area contributed by atoms with Gasteiger partial charge in [-0.25, -0.2) is 0 Å². The summed E-state index contributed by atoms with van der Waals surface area (Å²) in [7, 11) is 5.22. The molecule has 0 amide bonds. The molecule has 160 valence electrons. The van der Waals surface area contributed by atoms with Gasteiger partial charge in [-0.3, -0.25) is 4.79 Å². The van der Waals surface area contributed by atoms with Crippen molar-refractivity contribution in [2.75, 3.05) is 26.6 Å². The number of methoxy groups -OCH3 is 2. The number of ketones is 1. The van der Waals surface area contributed by atoms with Crippen LogP contribution in [-0.2, 0) is 11.8 Å². The second kappa shape index (κ2) is 9.49. The first-order valence-electron chi connectivity index (χ1n) is 9.75. The van der Waals surface area contributed by atoms with E-state index in [2.05, 4.69) is 21.7 Å². The van der Waals surface area contributed by atoms with E-state index in [-0.39, 0.29) is 11.8 Å². The van der Waals surface area contributed by atoms with Crippen molar-refractivity contribution in [2.24, 2.45) is 7.05 Å². The van der Waals surface area contributed by atoms with Crippen LogP contribution in [0, 0.1) is 13.8 Å². The summed E-state index contributed by atoms with van der Waals surface area (Å²) in [4.78, 5) is 12.9. The fraction of sp³-hybridized carbons (Fsp3) is 0.409. The van der Waals surface area contributed by atoms with Gasteiger partial charge < -0.3 is 18.6 Å². The molecule has 2 heterocycles. The smallest absolute Gasteiger partial charge is 0.191 e. The highest BCUT2D eigenvalue weighted by Crippen LogP contribution is 2.30. The predicted molar refractivity (Wildman–Crippen MR) is 119 cm³/mol. The first-order valence-corrected chi connectivity index (χ1v) is 10.7. The van der Waals surface area contributed by atoms with Crippen molar-refractivity contribution in [3.63, 3.8) is 0 Å². The van der Waals surface area contributed by atoms with Gasteiger partial charge in [0.2, 0.25) is 0 Å². The third-order valence-electron chi connectivity index (χ3n) is 5.15. The van der Waals surface area contributed by atoms with E-state index < -0.39 is 0 Å². The number of ether oxygens (including phenoxy) is 2. The van der Waals surface area contributed by atoms with Crippen molar-refractivity contribution >= 4 is 17.5 Å².